The molecule has 5 nitrogen and oxygen atoms in total. The lowest BCUT2D eigenvalue weighted by Crippen LogP contribution is -2.37. The Balaban J connectivity index is 2.06. The van der Waals surface area contributed by atoms with Crippen molar-refractivity contribution in [2.75, 3.05) is 13.1 Å². The standard InChI is InChI=1S/C12H14F3N3O2S2/c13-12(14,15)9-7-8(18(19)20)3-4-10(9)16-22-11(21)17-5-1-2-6-17/h3-4,7,10,16H,1-2,5-6H2,(H,19,20). The minimum Gasteiger partial charge on any atom is -0.417 e. The second-order valence-corrected chi connectivity index (χ2v) is 6.28. The van der Waals surface area contributed by atoms with Gasteiger partial charge in [-0.1, -0.05) is 18.3 Å². The molecule has 1 heterocycles. The summed E-state index contributed by atoms with van der Waals surface area (Å²) in [4.78, 5) is 1.33. The first-order valence-electron chi connectivity index (χ1n) is 6.50. The fourth-order valence-electron chi connectivity index (χ4n) is 2.15. The van der Waals surface area contributed by atoms with E-state index < -0.39 is 28.4 Å². The van der Waals surface area contributed by atoms with E-state index in [0.717, 1.165) is 44.0 Å². The molecule has 0 aromatic heterocycles. The van der Waals surface area contributed by atoms with E-state index in [-0.39, 0.29) is 0 Å². The zero-order valence-corrected chi connectivity index (χ0v) is 13.0. The van der Waals surface area contributed by atoms with Crippen LogP contribution in [0.4, 0.5) is 13.2 Å². The van der Waals surface area contributed by atoms with Crippen LogP contribution in [-0.2, 0) is 0 Å². The van der Waals surface area contributed by atoms with Crippen LogP contribution in [0.1, 0.15) is 12.8 Å². The highest BCUT2D eigenvalue weighted by atomic mass is 32.2. The maximum atomic E-state index is 13.0. The van der Waals surface area contributed by atoms with Crippen LogP contribution in [0.15, 0.2) is 23.8 Å². The van der Waals surface area contributed by atoms with Gasteiger partial charge >= 0.3 is 6.18 Å². The third-order valence-corrected chi connectivity index (χ3v) is 4.60. The minimum atomic E-state index is -4.63. The first-order valence-corrected chi connectivity index (χ1v) is 7.73. The molecule has 1 saturated heterocycles. The van der Waals surface area contributed by atoms with Gasteiger partial charge in [-0.15, -0.1) is 0 Å². The van der Waals surface area contributed by atoms with Gasteiger partial charge in [0.1, 0.15) is 0 Å². The topological polar surface area (TPSA) is 61.6 Å². The summed E-state index contributed by atoms with van der Waals surface area (Å²) in [7, 11) is 0. The van der Waals surface area contributed by atoms with Crippen molar-refractivity contribution in [3.8, 4) is 0 Å². The number of allylic oxidation sites excluding steroid dienone is 2. The van der Waals surface area contributed by atoms with E-state index in [9.17, 15) is 18.4 Å². The second-order valence-electron chi connectivity index (χ2n) is 4.81. The van der Waals surface area contributed by atoms with Crippen LogP contribution in [0.3, 0.4) is 0 Å². The van der Waals surface area contributed by atoms with Crippen LogP contribution in [0.2, 0.25) is 0 Å². The average molecular weight is 353 g/mol. The summed E-state index contributed by atoms with van der Waals surface area (Å²) in [5.41, 5.74) is -1.44. The molecule has 2 N–H and O–H groups in total. The van der Waals surface area contributed by atoms with Crippen LogP contribution in [-0.4, -0.2) is 50.3 Å². The van der Waals surface area contributed by atoms with Crippen molar-refractivity contribution in [3.63, 3.8) is 0 Å². The van der Waals surface area contributed by atoms with Gasteiger partial charge in [0.2, 0.25) is 0 Å². The molecule has 1 aliphatic carbocycles. The molecule has 0 aromatic rings. The summed E-state index contributed by atoms with van der Waals surface area (Å²) in [5, 5.41) is 19.5. The first kappa shape index (κ1) is 17.1. The van der Waals surface area contributed by atoms with Gasteiger partial charge in [0.15, 0.2) is 4.32 Å². The van der Waals surface area contributed by atoms with Crippen molar-refractivity contribution < 1.29 is 23.3 Å². The molecular formula is C12H14F3N3O2S2. The monoisotopic (exact) mass is 353 g/mol. The van der Waals surface area contributed by atoms with Crippen LogP contribution in [0.5, 0.6) is 0 Å². The summed E-state index contributed by atoms with van der Waals surface area (Å²) in [6.07, 6.45) is 0.319. The normalized spacial score (nSPS) is 24.4. The quantitative estimate of drug-likeness (QED) is 0.261. The highest BCUT2D eigenvalue weighted by molar-refractivity contribution is 8.21. The smallest absolute Gasteiger partial charge is 0.414 e. The zero-order chi connectivity index (χ0) is 16.3. The Morgan fingerprint density at radius 2 is 2.09 bits per heavy atom. The maximum Gasteiger partial charge on any atom is 0.414 e. The number of hydrogen-bond acceptors (Lipinski definition) is 5. The molecule has 0 radical (unpaired) electrons. The largest absolute Gasteiger partial charge is 0.417 e. The van der Waals surface area contributed by atoms with E-state index in [0.29, 0.717) is 10.4 Å². The van der Waals surface area contributed by atoms with Crippen LogP contribution >= 0.6 is 24.2 Å². The predicted molar refractivity (Wildman–Crippen MR) is 81.6 cm³/mol. The maximum absolute atomic E-state index is 13.0. The van der Waals surface area contributed by atoms with Crippen LogP contribution in [0, 0.1) is 5.21 Å². The molecule has 2 rings (SSSR count). The Labute approximate surface area is 134 Å². The average Bonchev–Trinajstić information content (AvgIpc) is 2.97. The van der Waals surface area contributed by atoms with Gasteiger partial charge in [-0.25, -0.2) is 4.72 Å². The fourth-order valence-corrected chi connectivity index (χ4v) is 3.23. The number of thiocarbonyl (C=S) groups is 1. The van der Waals surface area contributed by atoms with E-state index in [1.807, 2.05) is 4.90 Å². The molecule has 122 valence electrons. The molecule has 10 heteroatoms. The number of nitrogens with one attached hydrogen (secondary N) is 1. The number of likely N-dealkylation sites (tertiary alicyclic amines) is 1. The summed E-state index contributed by atoms with van der Waals surface area (Å²) < 4.78 is 42.3. The molecule has 0 bridgehead atoms. The minimum absolute atomic E-state index is 0.475. The molecule has 22 heavy (non-hydrogen) atoms. The zero-order valence-electron chi connectivity index (χ0n) is 11.3. The Kier molecular flexibility index (Phi) is 5.35. The van der Waals surface area contributed by atoms with Gasteiger partial charge in [0.05, 0.1) is 11.6 Å². The fraction of sp³-hybridized carbons (Fsp3) is 0.500. The van der Waals surface area contributed by atoms with Gasteiger partial charge in [-0.2, -0.15) is 13.2 Å². The number of alkyl halides is 3. The van der Waals surface area contributed by atoms with Gasteiger partial charge in [-0.05, 0) is 24.8 Å². The van der Waals surface area contributed by atoms with Gasteiger partial charge in [0, 0.05) is 30.1 Å². The molecule has 0 saturated carbocycles. The van der Waals surface area contributed by atoms with E-state index in [2.05, 4.69) is 4.72 Å². The van der Waals surface area contributed by atoms with E-state index in [1.165, 1.54) is 6.08 Å². The molecular weight excluding hydrogens is 339 g/mol. The van der Waals surface area contributed by atoms with Crippen molar-refractivity contribution in [2.24, 2.45) is 0 Å². The third kappa shape index (κ3) is 4.14. The van der Waals surface area contributed by atoms with Crippen molar-refractivity contribution >= 4 is 34.2 Å². The Morgan fingerprint density at radius 3 is 2.64 bits per heavy atom. The second kappa shape index (κ2) is 6.88. The summed E-state index contributed by atoms with van der Waals surface area (Å²) in [6.45, 7) is 1.62. The molecule has 2 aliphatic rings. The third-order valence-electron chi connectivity index (χ3n) is 3.28. The summed E-state index contributed by atoms with van der Waals surface area (Å²) in [6, 6.07) is -1.14. The first-order chi connectivity index (χ1) is 10.3. The lowest BCUT2D eigenvalue weighted by atomic mass is 10.00. The van der Waals surface area contributed by atoms with Crippen LogP contribution in [0.25, 0.3) is 0 Å². The lowest BCUT2D eigenvalue weighted by Gasteiger charge is -2.24. The predicted octanol–water partition coefficient (Wildman–Crippen LogP) is 2.37. The molecule has 0 amide bonds. The van der Waals surface area contributed by atoms with Crippen molar-refractivity contribution in [1.29, 1.82) is 0 Å². The summed E-state index contributed by atoms with van der Waals surface area (Å²) in [5.74, 6) is 0. The van der Waals surface area contributed by atoms with Crippen molar-refractivity contribution in [1.82, 2.24) is 9.62 Å². The van der Waals surface area contributed by atoms with E-state index in [1.54, 1.807) is 0 Å². The molecule has 1 fully saturated rings. The Bertz CT molecular complexity index is 536. The number of hydrogen-bond donors (Lipinski definition) is 2. The van der Waals surface area contributed by atoms with E-state index >= 15 is 0 Å². The van der Waals surface area contributed by atoms with Crippen molar-refractivity contribution in [3.05, 3.63) is 29.0 Å². The molecule has 0 aromatic carbocycles. The highest BCUT2D eigenvalue weighted by Gasteiger charge is 2.40. The van der Waals surface area contributed by atoms with Crippen LogP contribution < -0.4 is 4.72 Å². The molecule has 0 spiro atoms. The van der Waals surface area contributed by atoms with Gasteiger partial charge in [0.25, 0.3) is 5.71 Å². The van der Waals surface area contributed by atoms with Crippen molar-refractivity contribution in [2.45, 2.75) is 25.1 Å². The van der Waals surface area contributed by atoms with E-state index in [4.69, 9.17) is 17.4 Å². The van der Waals surface area contributed by atoms with Gasteiger partial charge < -0.3 is 10.1 Å². The van der Waals surface area contributed by atoms with Gasteiger partial charge in [-0.3, -0.25) is 5.21 Å². The summed E-state index contributed by atoms with van der Waals surface area (Å²) >= 11 is 6.14. The SMILES string of the molecule is [O-]/[N+](O)=C1/C=CC(NSC(=S)N2CCCC2)C(C(F)(F)F)=C1. The highest BCUT2D eigenvalue weighted by Crippen LogP contribution is 2.31. The number of nitrogens with zero attached hydrogens (tertiary/aromatic N) is 2. The lowest BCUT2D eigenvalue weighted by molar-refractivity contribution is -0.725. The number of rotatable bonds is 2. The Morgan fingerprint density at radius 1 is 1.45 bits per heavy atom. The Hall–Kier alpha value is -1.26. The number of halogens is 3. The molecule has 1 unspecified atom stereocenters. The molecule has 1 atom stereocenters. The molecule has 1 aliphatic heterocycles.